The first-order chi connectivity index (χ1) is 14.3. The minimum atomic E-state index is -0.682. The number of aliphatic imine (C=N–C) groups is 1. The summed E-state index contributed by atoms with van der Waals surface area (Å²) in [5, 5.41) is 3.90. The van der Waals surface area contributed by atoms with E-state index in [4.69, 9.17) is 21.3 Å². The normalized spacial score (nSPS) is 19.2. The van der Waals surface area contributed by atoms with E-state index in [0.29, 0.717) is 17.7 Å². The number of thioether (sulfide) groups is 1. The van der Waals surface area contributed by atoms with E-state index < -0.39 is 5.41 Å². The Morgan fingerprint density at radius 3 is 2.83 bits per heavy atom. The van der Waals surface area contributed by atoms with Crippen LogP contribution < -0.4 is 5.32 Å². The average molecular weight is 450 g/mol. The average Bonchev–Trinajstić information content (AvgIpc) is 2.77. The number of anilines is 1. The van der Waals surface area contributed by atoms with E-state index in [1.54, 1.807) is 25.6 Å². The summed E-state index contributed by atoms with van der Waals surface area (Å²) in [6.45, 7) is 6.41. The minimum Gasteiger partial charge on any atom is -0.466 e. The minimum absolute atomic E-state index is 0.146. The lowest BCUT2D eigenvalue weighted by Crippen LogP contribution is -2.42. The van der Waals surface area contributed by atoms with Crippen molar-refractivity contribution >= 4 is 46.1 Å². The highest BCUT2D eigenvalue weighted by molar-refractivity contribution is 8.13. The van der Waals surface area contributed by atoms with Crippen LogP contribution in [0.1, 0.15) is 45.2 Å². The summed E-state index contributed by atoms with van der Waals surface area (Å²) < 4.78 is 5.12. The third kappa shape index (κ3) is 4.52. The summed E-state index contributed by atoms with van der Waals surface area (Å²) >= 11 is 7.66. The van der Waals surface area contributed by atoms with Crippen LogP contribution in [0.25, 0.3) is 0 Å². The molecule has 1 atom stereocenters. The first kappa shape index (κ1) is 22.7. The number of amides is 1. The van der Waals surface area contributed by atoms with Crippen molar-refractivity contribution in [2.24, 2.45) is 10.4 Å². The van der Waals surface area contributed by atoms with Gasteiger partial charge in [-0.3, -0.25) is 4.79 Å². The van der Waals surface area contributed by atoms with Crippen molar-refractivity contribution in [3.05, 3.63) is 41.1 Å². The van der Waals surface area contributed by atoms with Crippen LogP contribution in [0.2, 0.25) is 0 Å². The molecule has 0 saturated carbocycles. The highest BCUT2D eigenvalue weighted by atomic mass is 35.5. The van der Waals surface area contributed by atoms with Gasteiger partial charge in [-0.2, -0.15) is 0 Å². The van der Waals surface area contributed by atoms with Gasteiger partial charge < -0.3 is 15.0 Å². The molecule has 1 aromatic carbocycles. The number of ether oxygens (including phenoxy) is 1. The van der Waals surface area contributed by atoms with Crippen LogP contribution in [0, 0.1) is 5.41 Å². The van der Waals surface area contributed by atoms with Gasteiger partial charge in [-0.15, -0.1) is 11.6 Å². The molecule has 0 spiro atoms. The van der Waals surface area contributed by atoms with Crippen LogP contribution >= 0.6 is 23.4 Å². The number of carbonyl (C=O) groups is 2. The molecular formula is C22H28ClN3O3S. The first-order valence-electron chi connectivity index (χ1n) is 10.1. The summed E-state index contributed by atoms with van der Waals surface area (Å²) in [5.74, 6) is 0.720. The van der Waals surface area contributed by atoms with Gasteiger partial charge in [-0.1, -0.05) is 30.8 Å². The van der Waals surface area contributed by atoms with Gasteiger partial charge in [0.25, 0.3) is 0 Å². The number of nitrogens with zero attached hydrogens (tertiary/aromatic N) is 2. The van der Waals surface area contributed by atoms with Gasteiger partial charge in [0.05, 0.1) is 29.8 Å². The topological polar surface area (TPSA) is 71.0 Å². The zero-order valence-corrected chi connectivity index (χ0v) is 19.4. The SMILES string of the molecule is CCC1=C(C(=O)OC)[C@@H](c2cccc(NC(=O)C(C)(C)CCl)c2)N2CCCSC2=N1. The number of allylic oxidation sites excluding steroid dienone is 1. The van der Waals surface area contributed by atoms with Crippen molar-refractivity contribution in [1.29, 1.82) is 0 Å². The quantitative estimate of drug-likeness (QED) is 0.508. The van der Waals surface area contributed by atoms with E-state index in [2.05, 4.69) is 10.2 Å². The van der Waals surface area contributed by atoms with Crippen molar-refractivity contribution in [3.8, 4) is 0 Å². The Labute approximate surface area is 187 Å². The number of benzene rings is 1. The van der Waals surface area contributed by atoms with Crippen LogP contribution in [-0.4, -0.2) is 47.2 Å². The lowest BCUT2D eigenvalue weighted by Gasteiger charge is -2.41. The number of hydrogen-bond donors (Lipinski definition) is 1. The molecule has 0 bridgehead atoms. The van der Waals surface area contributed by atoms with E-state index in [9.17, 15) is 9.59 Å². The lowest BCUT2D eigenvalue weighted by molar-refractivity contribution is -0.137. The molecule has 0 aliphatic carbocycles. The molecule has 162 valence electrons. The molecule has 30 heavy (non-hydrogen) atoms. The molecule has 2 heterocycles. The van der Waals surface area contributed by atoms with Gasteiger partial charge in [0.15, 0.2) is 5.17 Å². The van der Waals surface area contributed by atoms with Gasteiger partial charge in [0, 0.05) is 23.9 Å². The summed E-state index contributed by atoms with van der Waals surface area (Å²) in [6, 6.07) is 7.33. The zero-order chi connectivity index (χ0) is 21.9. The van der Waals surface area contributed by atoms with Crippen molar-refractivity contribution in [3.63, 3.8) is 0 Å². The maximum absolute atomic E-state index is 12.8. The highest BCUT2D eigenvalue weighted by Gasteiger charge is 2.38. The second kappa shape index (κ2) is 9.43. The van der Waals surface area contributed by atoms with E-state index in [1.165, 1.54) is 7.11 Å². The van der Waals surface area contributed by atoms with Crippen LogP contribution in [0.4, 0.5) is 5.69 Å². The molecule has 1 aromatic rings. The number of rotatable bonds is 6. The number of halogens is 1. The molecule has 2 aliphatic rings. The molecule has 1 fully saturated rings. The summed E-state index contributed by atoms with van der Waals surface area (Å²) in [4.78, 5) is 32.3. The second-order valence-corrected chi connectivity index (χ2v) is 9.32. The summed E-state index contributed by atoms with van der Waals surface area (Å²) in [6.07, 6.45) is 1.65. The molecule has 1 amide bonds. The van der Waals surface area contributed by atoms with Gasteiger partial charge in [-0.05, 0) is 44.4 Å². The third-order valence-corrected chi connectivity index (χ3v) is 7.04. The Balaban J connectivity index is 2.03. The number of esters is 1. The maximum atomic E-state index is 12.8. The molecule has 0 radical (unpaired) electrons. The molecule has 2 aliphatic heterocycles. The molecule has 0 unspecified atom stereocenters. The largest absolute Gasteiger partial charge is 0.466 e. The van der Waals surface area contributed by atoms with Crippen molar-refractivity contribution in [2.45, 2.75) is 39.7 Å². The van der Waals surface area contributed by atoms with Gasteiger partial charge >= 0.3 is 5.97 Å². The predicted molar refractivity (Wildman–Crippen MR) is 123 cm³/mol. The fraction of sp³-hybridized carbons (Fsp3) is 0.500. The summed E-state index contributed by atoms with van der Waals surface area (Å²) in [7, 11) is 1.40. The van der Waals surface area contributed by atoms with Crippen LogP contribution in [0.3, 0.4) is 0 Å². The van der Waals surface area contributed by atoms with Gasteiger partial charge in [0.1, 0.15) is 0 Å². The fourth-order valence-corrected chi connectivity index (χ4v) is 4.62. The maximum Gasteiger partial charge on any atom is 0.338 e. The van der Waals surface area contributed by atoms with Crippen molar-refractivity contribution in [2.75, 3.05) is 30.6 Å². The molecule has 8 heteroatoms. The second-order valence-electron chi connectivity index (χ2n) is 7.99. The van der Waals surface area contributed by atoms with Gasteiger partial charge in [-0.25, -0.2) is 9.79 Å². The Kier molecular flexibility index (Phi) is 7.14. The number of carbonyl (C=O) groups excluding carboxylic acids is 2. The van der Waals surface area contributed by atoms with E-state index in [0.717, 1.165) is 35.1 Å². The number of nitrogens with one attached hydrogen (secondary N) is 1. The lowest BCUT2D eigenvalue weighted by atomic mass is 9.92. The monoisotopic (exact) mass is 449 g/mol. The first-order valence-corrected chi connectivity index (χ1v) is 11.6. The molecule has 6 nitrogen and oxygen atoms in total. The van der Waals surface area contributed by atoms with Crippen LogP contribution in [-0.2, 0) is 14.3 Å². The van der Waals surface area contributed by atoms with Crippen LogP contribution in [0.5, 0.6) is 0 Å². The Hall–Kier alpha value is -1.99. The van der Waals surface area contributed by atoms with E-state index in [-0.39, 0.29) is 23.8 Å². The number of hydrogen-bond acceptors (Lipinski definition) is 6. The summed E-state index contributed by atoms with van der Waals surface area (Å²) in [5.41, 5.74) is 2.23. The molecule has 1 saturated heterocycles. The number of methoxy groups -OCH3 is 1. The molecule has 3 rings (SSSR count). The molecular weight excluding hydrogens is 422 g/mol. The Bertz CT molecular complexity index is 897. The number of amidine groups is 1. The fourth-order valence-electron chi connectivity index (χ4n) is 3.51. The van der Waals surface area contributed by atoms with E-state index >= 15 is 0 Å². The Morgan fingerprint density at radius 1 is 1.40 bits per heavy atom. The smallest absolute Gasteiger partial charge is 0.338 e. The van der Waals surface area contributed by atoms with Crippen molar-refractivity contribution < 1.29 is 14.3 Å². The highest BCUT2D eigenvalue weighted by Crippen LogP contribution is 2.41. The number of fused-ring (bicyclic) bond motifs is 1. The van der Waals surface area contributed by atoms with Crippen molar-refractivity contribution in [1.82, 2.24) is 4.90 Å². The number of alkyl halides is 1. The molecule has 1 N–H and O–H groups in total. The Morgan fingerprint density at radius 2 is 2.17 bits per heavy atom. The molecule has 0 aromatic heterocycles. The standard InChI is InChI=1S/C22H28ClN3O3S/c1-5-16-17(19(27)29-4)18(26-10-7-11-30-21(26)25-16)14-8-6-9-15(12-14)24-20(28)22(2,3)13-23/h6,8-9,12,18H,5,7,10-11,13H2,1-4H3,(H,24,28)/t18-/m1/s1. The zero-order valence-electron chi connectivity index (χ0n) is 17.8. The van der Waals surface area contributed by atoms with Crippen LogP contribution in [0.15, 0.2) is 40.5 Å². The third-order valence-electron chi connectivity index (χ3n) is 5.30. The van der Waals surface area contributed by atoms with E-state index in [1.807, 2.05) is 31.2 Å². The van der Waals surface area contributed by atoms with Gasteiger partial charge in [0.2, 0.25) is 5.91 Å². The predicted octanol–water partition coefficient (Wildman–Crippen LogP) is 4.58.